The summed E-state index contributed by atoms with van der Waals surface area (Å²) in [5.74, 6) is 0.715. The molecule has 2 nitrogen and oxygen atoms in total. The third-order valence-corrected chi connectivity index (χ3v) is 4.15. The van der Waals surface area contributed by atoms with Gasteiger partial charge < -0.3 is 4.90 Å². The van der Waals surface area contributed by atoms with Crippen molar-refractivity contribution in [2.75, 3.05) is 18.0 Å². The van der Waals surface area contributed by atoms with E-state index >= 15 is 0 Å². The van der Waals surface area contributed by atoms with Gasteiger partial charge in [-0.2, -0.15) is 0 Å². The van der Waals surface area contributed by atoms with Crippen LogP contribution in [-0.4, -0.2) is 18.9 Å². The first-order chi connectivity index (χ1) is 9.20. The van der Waals surface area contributed by atoms with Gasteiger partial charge in [-0.25, -0.2) is 0 Å². The van der Waals surface area contributed by atoms with Crippen molar-refractivity contribution < 1.29 is 4.79 Å². The van der Waals surface area contributed by atoms with Gasteiger partial charge in [0, 0.05) is 31.1 Å². The number of anilines is 1. The molecule has 0 aromatic heterocycles. The van der Waals surface area contributed by atoms with Crippen LogP contribution >= 0.6 is 0 Å². The lowest BCUT2D eigenvalue weighted by atomic mass is 9.98. The molecule has 1 unspecified atom stereocenters. The minimum Gasteiger partial charge on any atom is -0.371 e. The van der Waals surface area contributed by atoms with Gasteiger partial charge in [0.1, 0.15) is 5.78 Å². The van der Waals surface area contributed by atoms with E-state index in [0.29, 0.717) is 5.78 Å². The molecule has 0 heterocycles. The highest BCUT2D eigenvalue weighted by molar-refractivity contribution is 5.81. The molecule has 1 fully saturated rings. The smallest absolute Gasteiger partial charge is 0.137 e. The van der Waals surface area contributed by atoms with Gasteiger partial charge >= 0.3 is 0 Å². The molecule has 0 bridgehead atoms. The first kappa shape index (κ1) is 14.1. The molecule has 1 saturated carbocycles. The molecule has 104 valence electrons. The topological polar surface area (TPSA) is 20.3 Å². The summed E-state index contributed by atoms with van der Waals surface area (Å²) in [6, 6.07) is 8.62. The highest BCUT2D eigenvalue weighted by Gasteiger charge is 2.22. The standard InChI is InChI=1S/C17H25NO/c1-3-18(16-11-9-14(2)10-12-16)13-15-7-5-4-6-8-17(15)19/h9-12,15H,3-8,13H2,1-2H3. The molecule has 2 heteroatoms. The fourth-order valence-corrected chi connectivity index (χ4v) is 2.86. The summed E-state index contributed by atoms with van der Waals surface area (Å²) in [6.45, 7) is 6.13. The van der Waals surface area contributed by atoms with E-state index in [0.717, 1.165) is 32.4 Å². The van der Waals surface area contributed by atoms with Crippen molar-refractivity contribution in [1.82, 2.24) is 0 Å². The van der Waals surface area contributed by atoms with Gasteiger partial charge in [-0.1, -0.05) is 30.5 Å². The van der Waals surface area contributed by atoms with Crippen molar-refractivity contribution in [2.24, 2.45) is 5.92 Å². The summed E-state index contributed by atoms with van der Waals surface area (Å²) in [4.78, 5) is 14.5. The second-order valence-electron chi connectivity index (χ2n) is 5.64. The van der Waals surface area contributed by atoms with Gasteiger partial charge in [0.25, 0.3) is 0 Å². The predicted octanol–water partition coefficient (Wildman–Crippen LogP) is 3.97. The van der Waals surface area contributed by atoms with Crippen molar-refractivity contribution in [1.29, 1.82) is 0 Å². The zero-order valence-corrected chi connectivity index (χ0v) is 12.2. The molecule has 0 radical (unpaired) electrons. The molecular formula is C17H25NO. The normalized spacial score (nSPS) is 20.1. The summed E-state index contributed by atoms with van der Waals surface area (Å²) in [5.41, 5.74) is 2.52. The van der Waals surface area contributed by atoms with Crippen molar-refractivity contribution in [3.8, 4) is 0 Å². The Morgan fingerprint density at radius 1 is 1.16 bits per heavy atom. The maximum atomic E-state index is 12.1. The fourth-order valence-electron chi connectivity index (χ4n) is 2.86. The number of ketones is 1. The number of nitrogens with zero attached hydrogens (tertiary/aromatic N) is 1. The van der Waals surface area contributed by atoms with E-state index in [4.69, 9.17) is 0 Å². The Hall–Kier alpha value is -1.31. The number of benzene rings is 1. The van der Waals surface area contributed by atoms with Crippen molar-refractivity contribution in [3.63, 3.8) is 0 Å². The summed E-state index contributed by atoms with van der Waals surface area (Å²) >= 11 is 0. The Balaban J connectivity index is 2.05. The Bertz CT molecular complexity index is 410. The largest absolute Gasteiger partial charge is 0.371 e. The van der Waals surface area contributed by atoms with Crippen LogP contribution in [0.25, 0.3) is 0 Å². The zero-order valence-electron chi connectivity index (χ0n) is 12.2. The molecule has 0 saturated heterocycles. The van der Waals surface area contributed by atoms with E-state index in [9.17, 15) is 4.79 Å². The van der Waals surface area contributed by atoms with Crippen LogP contribution in [0.4, 0.5) is 5.69 Å². The van der Waals surface area contributed by atoms with Crippen molar-refractivity contribution in [3.05, 3.63) is 29.8 Å². The molecule has 1 aromatic carbocycles. The summed E-state index contributed by atoms with van der Waals surface area (Å²) in [5, 5.41) is 0. The Morgan fingerprint density at radius 2 is 1.89 bits per heavy atom. The van der Waals surface area contributed by atoms with E-state index < -0.39 is 0 Å². The minimum absolute atomic E-state index is 0.240. The Morgan fingerprint density at radius 3 is 2.58 bits per heavy atom. The van der Waals surface area contributed by atoms with Crippen LogP contribution in [0.3, 0.4) is 0 Å². The average molecular weight is 259 g/mol. The lowest BCUT2D eigenvalue weighted by molar-refractivity contribution is -0.122. The summed E-state index contributed by atoms with van der Waals surface area (Å²) in [6.07, 6.45) is 5.38. The van der Waals surface area contributed by atoms with Gasteiger partial charge in [-0.15, -0.1) is 0 Å². The van der Waals surface area contributed by atoms with Gasteiger partial charge in [0.15, 0.2) is 0 Å². The van der Waals surface area contributed by atoms with Crippen LogP contribution < -0.4 is 4.90 Å². The second-order valence-corrected chi connectivity index (χ2v) is 5.64. The molecule has 0 N–H and O–H groups in total. The average Bonchev–Trinajstić information content (AvgIpc) is 2.62. The van der Waals surface area contributed by atoms with E-state index in [-0.39, 0.29) is 5.92 Å². The first-order valence-electron chi connectivity index (χ1n) is 7.55. The van der Waals surface area contributed by atoms with Crippen LogP contribution in [0.1, 0.15) is 44.6 Å². The van der Waals surface area contributed by atoms with E-state index in [1.807, 2.05) is 0 Å². The van der Waals surface area contributed by atoms with Crippen molar-refractivity contribution in [2.45, 2.75) is 46.0 Å². The number of hydrogen-bond donors (Lipinski definition) is 0. The highest BCUT2D eigenvalue weighted by Crippen LogP contribution is 2.23. The molecule has 1 aliphatic rings. The molecule has 0 amide bonds. The number of rotatable bonds is 4. The number of carbonyl (C=O) groups is 1. The van der Waals surface area contributed by atoms with Gasteiger partial charge in [0.05, 0.1) is 0 Å². The molecule has 19 heavy (non-hydrogen) atoms. The molecule has 1 aromatic rings. The fraction of sp³-hybridized carbons (Fsp3) is 0.588. The lowest BCUT2D eigenvalue weighted by Crippen LogP contribution is -2.32. The molecule has 1 atom stereocenters. The van der Waals surface area contributed by atoms with E-state index in [1.165, 1.54) is 24.1 Å². The molecule has 0 aliphatic heterocycles. The monoisotopic (exact) mass is 259 g/mol. The SMILES string of the molecule is CCN(CC1CCCCCC1=O)c1ccc(C)cc1. The third kappa shape index (κ3) is 3.82. The Kier molecular flexibility index (Phi) is 5.00. The summed E-state index contributed by atoms with van der Waals surface area (Å²) in [7, 11) is 0. The second kappa shape index (κ2) is 6.74. The highest BCUT2D eigenvalue weighted by atomic mass is 16.1. The first-order valence-corrected chi connectivity index (χ1v) is 7.55. The number of aryl methyl sites for hydroxylation is 1. The van der Waals surface area contributed by atoms with Gasteiger partial charge in [-0.05, 0) is 38.8 Å². The minimum atomic E-state index is 0.240. The van der Waals surface area contributed by atoms with Gasteiger partial charge in [0.2, 0.25) is 0 Å². The van der Waals surface area contributed by atoms with E-state index in [2.05, 4.69) is 43.0 Å². The molecular weight excluding hydrogens is 234 g/mol. The third-order valence-electron chi connectivity index (χ3n) is 4.15. The van der Waals surface area contributed by atoms with Gasteiger partial charge in [-0.3, -0.25) is 4.79 Å². The maximum Gasteiger partial charge on any atom is 0.137 e. The molecule has 2 rings (SSSR count). The van der Waals surface area contributed by atoms with E-state index in [1.54, 1.807) is 0 Å². The van der Waals surface area contributed by atoms with Crippen LogP contribution in [0.5, 0.6) is 0 Å². The predicted molar refractivity (Wildman–Crippen MR) is 80.6 cm³/mol. The number of hydrogen-bond acceptors (Lipinski definition) is 2. The summed E-state index contributed by atoms with van der Waals surface area (Å²) < 4.78 is 0. The quantitative estimate of drug-likeness (QED) is 0.763. The zero-order chi connectivity index (χ0) is 13.7. The molecule has 0 spiro atoms. The molecule has 1 aliphatic carbocycles. The Labute approximate surface area is 116 Å². The number of Topliss-reactive ketones (excluding diaryl/α,β-unsaturated/α-hetero) is 1. The maximum absolute atomic E-state index is 12.1. The van der Waals surface area contributed by atoms with Crippen molar-refractivity contribution >= 4 is 11.5 Å². The van der Waals surface area contributed by atoms with Crippen LogP contribution in [0, 0.1) is 12.8 Å². The van der Waals surface area contributed by atoms with Crippen LogP contribution in [0.15, 0.2) is 24.3 Å². The van der Waals surface area contributed by atoms with Crippen LogP contribution in [0.2, 0.25) is 0 Å². The number of carbonyl (C=O) groups excluding carboxylic acids is 1. The lowest BCUT2D eigenvalue weighted by Gasteiger charge is -2.27. The van der Waals surface area contributed by atoms with Crippen LogP contribution in [-0.2, 0) is 4.79 Å².